The molecule has 0 aliphatic carbocycles. The predicted molar refractivity (Wildman–Crippen MR) is 62.4 cm³/mol. The Balaban J connectivity index is 2.54. The van der Waals surface area contributed by atoms with E-state index in [0.29, 0.717) is 6.02 Å². The summed E-state index contributed by atoms with van der Waals surface area (Å²) in [6, 6.07) is 8.24. The van der Waals surface area contributed by atoms with Crippen molar-refractivity contribution in [2.45, 2.75) is 0 Å². The lowest BCUT2D eigenvalue weighted by atomic mass is 9.67. The van der Waals surface area contributed by atoms with E-state index in [0.717, 1.165) is 11.2 Å². The Morgan fingerprint density at radius 2 is 1.94 bits per heavy atom. The molecule has 0 aromatic heterocycles. The zero-order chi connectivity index (χ0) is 11.6. The molecule has 0 atom stereocenters. The Bertz CT molecular complexity index is 418. The fourth-order valence-electron chi connectivity index (χ4n) is 1.86. The van der Waals surface area contributed by atoms with Gasteiger partial charge in [0.1, 0.15) is 5.69 Å². The van der Waals surface area contributed by atoms with Gasteiger partial charge in [-0.05, 0) is 20.3 Å². The van der Waals surface area contributed by atoms with Crippen molar-refractivity contribution >= 4 is 23.9 Å². The van der Waals surface area contributed by atoms with Crippen LogP contribution < -0.4 is 15.8 Å². The number of para-hydroxylation sites is 1. The number of rotatable bonds is 2. The van der Waals surface area contributed by atoms with E-state index in [-0.39, 0.29) is 0 Å². The average Bonchev–Trinajstić information content (AvgIpc) is 2.37. The monoisotopic (exact) mass is 222 g/mol. The number of anilines is 1. The van der Waals surface area contributed by atoms with Crippen LogP contribution in [0.1, 0.15) is 0 Å². The van der Waals surface area contributed by atoms with E-state index in [1.54, 1.807) is 21.3 Å². The second-order valence-corrected chi connectivity index (χ2v) is 3.52. The highest BCUT2D eigenvalue weighted by Gasteiger charge is 2.41. The fourth-order valence-corrected chi connectivity index (χ4v) is 1.86. The summed E-state index contributed by atoms with van der Waals surface area (Å²) in [5, 5.41) is 3.11. The first kappa shape index (κ1) is 11.0. The standard InChI is InChI=1S/C10H14BN2O3/c1-12-10-13-9-7-5-4-6-8(9)11(14-2,15-3)16-10/h4-7H,1-3H3,(H,12,13)/q-1/p+1. The first-order valence-electron chi connectivity index (χ1n) is 5.09. The van der Waals surface area contributed by atoms with Crippen LogP contribution in [-0.2, 0) is 14.0 Å². The van der Waals surface area contributed by atoms with Crippen molar-refractivity contribution in [3.63, 3.8) is 0 Å². The van der Waals surface area contributed by atoms with Gasteiger partial charge in [0.25, 0.3) is 0 Å². The molecule has 16 heavy (non-hydrogen) atoms. The molecule has 0 unspecified atom stereocenters. The number of benzene rings is 1. The zero-order valence-corrected chi connectivity index (χ0v) is 9.61. The number of amidine groups is 1. The van der Waals surface area contributed by atoms with Crippen LogP contribution in [-0.4, -0.2) is 34.0 Å². The lowest BCUT2D eigenvalue weighted by molar-refractivity contribution is -0.429. The molecule has 0 saturated heterocycles. The van der Waals surface area contributed by atoms with Crippen molar-refractivity contribution < 1.29 is 19.0 Å². The highest BCUT2D eigenvalue weighted by atomic mass is 16.8. The molecule has 1 aromatic rings. The van der Waals surface area contributed by atoms with E-state index in [2.05, 4.69) is 10.3 Å². The number of hydrogen-bond acceptors (Lipinski definition) is 3. The molecule has 6 heteroatoms. The lowest BCUT2D eigenvalue weighted by Crippen LogP contribution is -2.76. The molecule has 0 fully saturated rings. The molecule has 0 saturated carbocycles. The van der Waals surface area contributed by atoms with Gasteiger partial charge in [0.05, 0.1) is 7.05 Å². The summed E-state index contributed by atoms with van der Waals surface area (Å²) in [4.78, 5) is 2.91. The van der Waals surface area contributed by atoms with Crippen molar-refractivity contribution in [2.75, 3.05) is 26.6 Å². The van der Waals surface area contributed by atoms with Gasteiger partial charge in [0.2, 0.25) is 0 Å². The minimum absolute atomic E-state index is 0.516. The molecule has 0 radical (unpaired) electrons. The number of nitrogens with one attached hydrogen (secondary N) is 2. The van der Waals surface area contributed by atoms with E-state index in [4.69, 9.17) is 14.0 Å². The summed E-state index contributed by atoms with van der Waals surface area (Å²) in [6.07, 6.45) is 0. The summed E-state index contributed by atoms with van der Waals surface area (Å²) < 4.78 is 16.5. The van der Waals surface area contributed by atoms with Gasteiger partial charge in [0, 0.05) is 0 Å². The molecule has 5 nitrogen and oxygen atoms in total. The Hall–Kier alpha value is -1.53. The number of fused-ring (bicyclic) bond motifs is 1. The van der Waals surface area contributed by atoms with Gasteiger partial charge in [-0.2, -0.15) is 0 Å². The summed E-state index contributed by atoms with van der Waals surface area (Å²) >= 11 is 0. The fraction of sp³-hybridized carbons (Fsp3) is 0.300. The molecule has 0 bridgehead atoms. The molecule has 2 N–H and O–H groups in total. The first-order chi connectivity index (χ1) is 7.75. The highest BCUT2D eigenvalue weighted by Crippen LogP contribution is 2.18. The smallest absolute Gasteiger partial charge is 0.474 e. The van der Waals surface area contributed by atoms with Crippen LogP contribution in [0.2, 0.25) is 0 Å². The SMILES string of the molecule is C[NH+]=C1Nc2ccccc2[B-](OC)(OC)O1. The Morgan fingerprint density at radius 1 is 1.25 bits per heavy atom. The summed E-state index contributed by atoms with van der Waals surface area (Å²) in [7, 11) is 4.90. The van der Waals surface area contributed by atoms with Crippen molar-refractivity contribution in [1.82, 2.24) is 0 Å². The largest absolute Gasteiger partial charge is 0.604 e. The Kier molecular flexibility index (Phi) is 2.85. The van der Waals surface area contributed by atoms with Crippen molar-refractivity contribution in [3.05, 3.63) is 24.3 Å². The third kappa shape index (κ3) is 1.56. The minimum Gasteiger partial charge on any atom is -0.604 e. The second-order valence-electron chi connectivity index (χ2n) is 3.52. The van der Waals surface area contributed by atoms with Gasteiger partial charge in [-0.3, -0.25) is 0 Å². The third-order valence-corrected chi connectivity index (χ3v) is 2.71. The third-order valence-electron chi connectivity index (χ3n) is 2.71. The summed E-state index contributed by atoms with van der Waals surface area (Å²) in [5.74, 6) is 0. The maximum absolute atomic E-state index is 5.66. The van der Waals surface area contributed by atoms with E-state index in [1.807, 2.05) is 24.3 Å². The van der Waals surface area contributed by atoms with Crippen LogP contribution >= 0.6 is 0 Å². The van der Waals surface area contributed by atoms with Crippen LogP contribution in [0.3, 0.4) is 0 Å². The maximum atomic E-state index is 5.66. The molecular formula is C10H15BN2O3. The van der Waals surface area contributed by atoms with Gasteiger partial charge < -0.3 is 14.0 Å². The molecule has 0 spiro atoms. The van der Waals surface area contributed by atoms with Crippen LogP contribution in [0.5, 0.6) is 0 Å². The lowest BCUT2D eigenvalue weighted by Gasteiger charge is -2.41. The number of hydrogen-bond donors (Lipinski definition) is 2. The van der Waals surface area contributed by atoms with Crippen molar-refractivity contribution in [2.24, 2.45) is 0 Å². The van der Waals surface area contributed by atoms with Crippen LogP contribution in [0, 0.1) is 0 Å². The molecular weight excluding hydrogens is 207 g/mol. The van der Waals surface area contributed by atoms with Gasteiger partial charge >= 0.3 is 12.8 Å². The first-order valence-corrected chi connectivity index (χ1v) is 5.09. The molecule has 2 rings (SSSR count). The predicted octanol–water partition coefficient (Wildman–Crippen LogP) is -1.37. The highest BCUT2D eigenvalue weighted by molar-refractivity contribution is 6.79. The summed E-state index contributed by atoms with van der Waals surface area (Å²) in [6.45, 7) is -1.92. The zero-order valence-electron chi connectivity index (χ0n) is 9.61. The van der Waals surface area contributed by atoms with Crippen LogP contribution in [0.15, 0.2) is 24.3 Å². The summed E-state index contributed by atoms with van der Waals surface area (Å²) in [5.41, 5.74) is 1.79. The van der Waals surface area contributed by atoms with Gasteiger partial charge in [-0.25, -0.2) is 10.3 Å². The Labute approximate surface area is 94.4 Å². The topological polar surface area (TPSA) is 53.7 Å². The van der Waals surface area contributed by atoms with Crippen LogP contribution in [0.4, 0.5) is 5.69 Å². The molecule has 1 heterocycles. The maximum Gasteiger partial charge on any atom is 0.474 e. The van der Waals surface area contributed by atoms with E-state index < -0.39 is 6.75 Å². The molecule has 86 valence electrons. The van der Waals surface area contributed by atoms with Gasteiger partial charge in [-0.15, -0.1) is 0 Å². The Morgan fingerprint density at radius 3 is 2.56 bits per heavy atom. The molecule has 1 aliphatic heterocycles. The van der Waals surface area contributed by atoms with Gasteiger partial charge in [-0.1, -0.05) is 23.7 Å². The molecule has 1 aromatic carbocycles. The minimum atomic E-state index is -1.92. The van der Waals surface area contributed by atoms with E-state index in [9.17, 15) is 0 Å². The average molecular weight is 222 g/mol. The van der Waals surface area contributed by atoms with Crippen LogP contribution in [0.25, 0.3) is 0 Å². The molecule has 0 amide bonds. The van der Waals surface area contributed by atoms with Crippen molar-refractivity contribution in [3.8, 4) is 0 Å². The molecule has 1 aliphatic rings. The second kappa shape index (κ2) is 4.15. The normalized spacial score (nSPS) is 19.8. The van der Waals surface area contributed by atoms with Crippen molar-refractivity contribution in [1.29, 1.82) is 0 Å². The van der Waals surface area contributed by atoms with E-state index >= 15 is 0 Å². The quantitative estimate of drug-likeness (QED) is 0.606. The van der Waals surface area contributed by atoms with E-state index in [1.165, 1.54) is 0 Å². The van der Waals surface area contributed by atoms with Gasteiger partial charge in [0.15, 0.2) is 0 Å².